The Labute approximate surface area is 112 Å². The van der Waals surface area contributed by atoms with Gasteiger partial charge in [0.1, 0.15) is 0 Å². The van der Waals surface area contributed by atoms with Gasteiger partial charge in [-0.2, -0.15) is 0 Å². The molecule has 0 amide bonds. The Hall–Kier alpha value is -1.04. The molecule has 0 aliphatic heterocycles. The average Bonchev–Trinajstić information content (AvgIpc) is 2.80. The van der Waals surface area contributed by atoms with E-state index in [1.165, 1.54) is 0 Å². The molecule has 0 aliphatic carbocycles. The minimum Gasteiger partial charge on any atom is -0.383 e. The van der Waals surface area contributed by atoms with Crippen molar-refractivity contribution >= 4 is 22.8 Å². The quantitative estimate of drug-likeness (QED) is 0.568. The van der Waals surface area contributed by atoms with Crippen LogP contribution in [0.1, 0.15) is 6.42 Å². The number of benzene rings is 1. The number of fused-ring (bicyclic) bond motifs is 1. The number of imidazole rings is 1. The maximum absolute atomic E-state index is 4.97. The molecule has 5 heteroatoms. The van der Waals surface area contributed by atoms with Crippen molar-refractivity contribution < 1.29 is 4.74 Å². The molecule has 0 radical (unpaired) electrons. The largest absolute Gasteiger partial charge is 0.383 e. The van der Waals surface area contributed by atoms with Crippen molar-refractivity contribution in [3.63, 3.8) is 0 Å². The third-order valence-electron chi connectivity index (χ3n) is 2.59. The lowest BCUT2D eigenvalue weighted by Gasteiger charge is -2.02. The van der Waals surface area contributed by atoms with Gasteiger partial charge in [0, 0.05) is 19.4 Å². The number of rotatable bonds is 8. The highest BCUT2D eigenvalue weighted by Gasteiger charge is 2.01. The van der Waals surface area contributed by atoms with Gasteiger partial charge in [-0.3, -0.25) is 0 Å². The number of nitrogens with zero attached hydrogens (tertiary/aromatic N) is 1. The number of nitrogens with one attached hydrogen (secondary N) is 2. The van der Waals surface area contributed by atoms with E-state index in [0.717, 1.165) is 48.1 Å². The monoisotopic (exact) mass is 265 g/mol. The van der Waals surface area contributed by atoms with Crippen LogP contribution in [-0.4, -0.2) is 42.5 Å². The Morgan fingerprint density at radius 1 is 1.33 bits per heavy atom. The first-order chi connectivity index (χ1) is 8.90. The first kappa shape index (κ1) is 13.4. The van der Waals surface area contributed by atoms with Gasteiger partial charge in [-0.25, -0.2) is 4.98 Å². The van der Waals surface area contributed by atoms with E-state index in [1.54, 1.807) is 18.9 Å². The normalized spacial score (nSPS) is 11.2. The van der Waals surface area contributed by atoms with Gasteiger partial charge in [0.05, 0.1) is 17.6 Å². The van der Waals surface area contributed by atoms with Crippen LogP contribution >= 0.6 is 11.8 Å². The van der Waals surface area contributed by atoms with Gasteiger partial charge >= 0.3 is 0 Å². The fourth-order valence-corrected chi connectivity index (χ4v) is 2.49. The van der Waals surface area contributed by atoms with Gasteiger partial charge in [-0.15, -0.1) is 0 Å². The van der Waals surface area contributed by atoms with Gasteiger partial charge in [0.15, 0.2) is 5.16 Å². The predicted molar refractivity (Wildman–Crippen MR) is 76.2 cm³/mol. The molecule has 0 spiro atoms. The van der Waals surface area contributed by atoms with E-state index in [4.69, 9.17) is 4.74 Å². The number of hydrogen-bond donors (Lipinski definition) is 2. The molecule has 98 valence electrons. The number of methoxy groups -OCH3 is 1. The summed E-state index contributed by atoms with van der Waals surface area (Å²) in [6, 6.07) is 8.12. The Bertz CT molecular complexity index is 439. The van der Waals surface area contributed by atoms with Crippen molar-refractivity contribution in [2.45, 2.75) is 11.6 Å². The first-order valence-electron chi connectivity index (χ1n) is 6.17. The van der Waals surface area contributed by atoms with Crippen LogP contribution < -0.4 is 5.32 Å². The van der Waals surface area contributed by atoms with E-state index >= 15 is 0 Å². The maximum atomic E-state index is 4.97. The van der Waals surface area contributed by atoms with E-state index in [2.05, 4.69) is 21.4 Å². The standard InChI is InChI=1S/C13H19N3OS/c1-17-9-8-14-7-4-10-18-13-15-11-5-2-3-6-12(11)16-13/h2-3,5-6,14H,4,7-10H2,1H3,(H,15,16). The number of H-pyrrole nitrogens is 1. The molecule has 0 atom stereocenters. The highest BCUT2D eigenvalue weighted by molar-refractivity contribution is 7.99. The molecule has 0 fully saturated rings. The summed E-state index contributed by atoms with van der Waals surface area (Å²) in [5.74, 6) is 1.07. The van der Waals surface area contributed by atoms with Crippen LogP contribution in [0.15, 0.2) is 29.4 Å². The molecule has 2 N–H and O–H groups in total. The molecule has 1 heterocycles. The lowest BCUT2D eigenvalue weighted by atomic mass is 10.3. The molecule has 2 rings (SSSR count). The number of para-hydroxylation sites is 2. The summed E-state index contributed by atoms with van der Waals surface area (Å²) in [6.45, 7) is 2.72. The van der Waals surface area contributed by atoms with Gasteiger partial charge in [0.2, 0.25) is 0 Å². The SMILES string of the molecule is COCCNCCCSc1nc2ccccc2[nH]1. The van der Waals surface area contributed by atoms with E-state index in [1.807, 2.05) is 18.2 Å². The van der Waals surface area contributed by atoms with Crippen molar-refractivity contribution in [1.82, 2.24) is 15.3 Å². The minimum atomic E-state index is 0.775. The van der Waals surface area contributed by atoms with Crippen LogP contribution in [0.3, 0.4) is 0 Å². The number of ether oxygens (including phenoxy) is 1. The topological polar surface area (TPSA) is 49.9 Å². The lowest BCUT2D eigenvalue weighted by Crippen LogP contribution is -2.20. The second kappa shape index (κ2) is 7.41. The van der Waals surface area contributed by atoms with Crippen LogP contribution in [-0.2, 0) is 4.74 Å². The zero-order valence-corrected chi connectivity index (χ0v) is 11.4. The highest BCUT2D eigenvalue weighted by Crippen LogP contribution is 2.19. The molecule has 0 unspecified atom stereocenters. The van der Waals surface area contributed by atoms with Crippen LogP contribution in [0.2, 0.25) is 0 Å². The van der Waals surface area contributed by atoms with Crippen molar-refractivity contribution in [2.24, 2.45) is 0 Å². The fourth-order valence-electron chi connectivity index (χ4n) is 1.66. The predicted octanol–water partition coefficient (Wildman–Crippen LogP) is 2.28. The van der Waals surface area contributed by atoms with E-state index in [-0.39, 0.29) is 0 Å². The summed E-state index contributed by atoms with van der Waals surface area (Å²) in [7, 11) is 1.72. The third-order valence-corrected chi connectivity index (χ3v) is 3.55. The lowest BCUT2D eigenvalue weighted by molar-refractivity contribution is 0.199. The fraction of sp³-hybridized carbons (Fsp3) is 0.462. The molecule has 4 nitrogen and oxygen atoms in total. The summed E-state index contributed by atoms with van der Waals surface area (Å²) in [6.07, 6.45) is 1.13. The van der Waals surface area contributed by atoms with Crippen molar-refractivity contribution in [2.75, 3.05) is 32.6 Å². The molecule has 2 aromatic rings. The Balaban J connectivity index is 1.67. The summed E-state index contributed by atoms with van der Waals surface area (Å²) >= 11 is 1.77. The minimum absolute atomic E-state index is 0.775. The van der Waals surface area contributed by atoms with Crippen LogP contribution in [0.4, 0.5) is 0 Å². The maximum Gasteiger partial charge on any atom is 0.166 e. The Morgan fingerprint density at radius 3 is 3.06 bits per heavy atom. The molecule has 0 saturated heterocycles. The van der Waals surface area contributed by atoms with Crippen molar-refractivity contribution in [1.29, 1.82) is 0 Å². The highest BCUT2D eigenvalue weighted by atomic mass is 32.2. The van der Waals surface area contributed by atoms with Gasteiger partial charge in [-0.05, 0) is 25.1 Å². The van der Waals surface area contributed by atoms with Crippen molar-refractivity contribution in [3.05, 3.63) is 24.3 Å². The van der Waals surface area contributed by atoms with Crippen LogP contribution in [0.5, 0.6) is 0 Å². The molecule has 1 aromatic carbocycles. The van der Waals surface area contributed by atoms with Crippen LogP contribution in [0, 0.1) is 0 Å². The molecule has 0 aliphatic rings. The molecule has 0 saturated carbocycles. The third kappa shape index (κ3) is 4.01. The molecular weight excluding hydrogens is 246 g/mol. The second-order valence-electron chi connectivity index (χ2n) is 4.00. The number of thioether (sulfide) groups is 1. The molecular formula is C13H19N3OS. The average molecular weight is 265 g/mol. The zero-order chi connectivity index (χ0) is 12.6. The molecule has 0 bridgehead atoms. The summed E-state index contributed by atoms with van der Waals surface area (Å²) < 4.78 is 4.97. The Morgan fingerprint density at radius 2 is 2.22 bits per heavy atom. The first-order valence-corrected chi connectivity index (χ1v) is 7.16. The van der Waals surface area contributed by atoms with Crippen molar-refractivity contribution in [3.8, 4) is 0 Å². The van der Waals surface area contributed by atoms with Gasteiger partial charge < -0.3 is 15.0 Å². The van der Waals surface area contributed by atoms with E-state index in [9.17, 15) is 0 Å². The summed E-state index contributed by atoms with van der Waals surface area (Å²) in [5, 5.41) is 4.34. The van der Waals surface area contributed by atoms with Crippen LogP contribution in [0.25, 0.3) is 11.0 Å². The van der Waals surface area contributed by atoms with E-state index in [0.29, 0.717) is 0 Å². The molecule has 1 aromatic heterocycles. The summed E-state index contributed by atoms with van der Waals surface area (Å²) in [4.78, 5) is 7.85. The van der Waals surface area contributed by atoms with E-state index < -0.39 is 0 Å². The Kier molecular flexibility index (Phi) is 5.51. The van der Waals surface area contributed by atoms with Gasteiger partial charge in [0.25, 0.3) is 0 Å². The van der Waals surface area contributed by atoms with Gasteiger partial charge in [-0.1, -0.05) is 23.9 Å². The number of hydrogen-bond acceptors (Lipinski definition) is 4. The zero-order valence-electron chi connectivity index (χ0n) is 10.6. The smallest absolute Gasteiger partial charge is 0.166 e. The number of aromatic amines is 1. The summed E-state index contributed by atoms with van der Waals surface area (Å²) in [5.41, 5.74) is 2.15. The second-order valence-corrected chi connectivity index (χ2v) is 5.09. The number of aromatic nitrogens is 2. The molecule has 18 heavy (non-hydrogen) atoms.